The summed E-state index contributed by atoms with van der Waals surface area (Å²) in [5, 5.41) is 41.5. The second-order valence-electron chi connectivity index (χ2n) is 9.20. The van der Waals surface area contributed by atoms with Crippen molar-refractivity contribution in [3.63, 3.8) is 0 Å². The van der Waals surface area contributed by atoms with Crippen LogP contribution in [0.25, 0.3) is 0 Å². The first kappa shape index (κ1) is 28.4. The Labute approximate surface area is 231 Å². The third-order valence-corrected chi connectivity index (χ3v) is 7.90. The first-order valence-corrected chi connectivity index (χ1v) is 13.7. The monoisotopic (exact) mass is 558 g/mol. The maximum absolute atomic E-state index is 10.9. The van der Waals surface area contributed by atoms with Gasteiger partial charge >= 0.3 is 5.97 Å². The van der Waals surface area contributed by atoms with Crippen LogP contribution in [0, 0.1) is 0 Å². The fourth-order valence-electron chi connectivity index (χ4n) is 4.42. The fourth-order valence-corrected chi connectivity index (χ4v) is 5.56. The third-order valence-electron chi connectivity index (χ3n) is 6.43. The molecule has 1 aliphatic rings. The zero-order valence-electron chi connectivity index (χ0n) is 20.9. The summed E-state index contributed by atoms with van der Waals surface area (Å²) in [6.07, 6.45) is -5.06. The molecule has 5 atom stereocenters. The topological polar surface area (TPSA) is 116 Å². The number of aliphatic carboxylic acids is 1. The van der Waals surface area contributed by atoms with Crippen LogP contribution in [0.4, 0.5) is 0 Å². The Morgan fingerprint density at radius 3 is 2.29 bits per heavy atom. The van der Waals surface area contributed by atoms with Gasteiger partial charge in [0.05, 0.1) is 19.1 Å². The molecule has 0 amide bonds. The van der Waals surface area contributed by atoms with Crippen molar-refractivity contribution < 1.29 is 34.7 Å². The van der Waals surface area contributed by atoms with Gasteiger partial charge < -0.3 is 29.9 Å². The zero-order chi connectivity index (χ0) is 27.2. The lowest BCUT2D eigenvalue weighted by Crippen LogP contribution is -2.54. The van der Waals surface area contributed by atoms with Gasteiger partial charge in [-0.2, -0.15) is 0 Å². The molecule has 7 nitrogen and oxygen atoms in total. The number of benzene rings is 3. The molecule has 3 aromatic carbocycles. The number of carboxylic acid groups (broad SMARTS) is 1. The van der Waals surface area contributed by atoms with Crippen molar-refractivity contribution in [1.82, 2.24) is 0 Å². The molecule has 0 aromatic heterocycles. The molecule has 1 saturated heterocycles. The molecule has 0 radical (unpaired) electrons. The molecule has 0 saturated carbocycles. The molecular formula is C29H31ClO7S. The van der Waals surface area contributed by atoms with E-state index in [9.17, 15) is 20.1 Å². The molecule has 1 fully saturated rings. The number of hydrogen-bond donors (Lipinski definition) is 4. The van der Waals surface area contributed by atoms with E-state index in [-0.39, 0.29) is 6.42 Å². The van der Waals surface area contributed by atoms with Gasteiger partial charge in [0.2, 0.25) is 0 Å². The summed E-state index contributed by atoms with van der Waals surface area (Å²) in [4.78, 5) is 11.8. The molecule has 0 spiro atoms. The van der Waals surface area contributed by atoms with Gasteiger partial charge in [-0.05, 0) is 65.9 Å². The Morgan fingerprint density at radius 1 is 0.947 bits per heavy atom. The van der Waals surface area contributed by atoms with Crippen LogP contribution in [-0.4, -0.2) is 63.2 Å². The Morgan fingerprint density at radius 2 is 1.63 bits per heavy atom. The summed E-state index contributed by atoms with van der Waals surface area (Å²) in [6.45, 7) is 2.53. The molecule has 3 aromatic rings. The van der Waals surface area contributed by atoms with Gasteiger partial charge in [-0.15, -0.1) is 11.8 Å². The summed E-state index contributed by atoms with van der Waals surface area (Å²) in [7, 11) is 0. The van der Waals surface area contributed by atoms with Gasteiger partial charge in [0.25, 0.3) is 0 Å². The normalized spacial score (nSPS) is 23.2. The van der Waals surface area contributed by atoms with Crippen molar-refractivity contribution in [2.75, 3.05) is 12.4 Å². The predicted octanol–water partition coefficient (Wildman–Crippen LogP) is 4.27. The summed E-state index contributed by atoms with van der Waals surface area (Å²) in [5.74, 6) is 0.224. The molecule has 1 aliphatic heterocycles. The molecule has 0 bridgehead atoms. The van der Waals surface area contributed by atoms with E-state index in [1.165, 1.54) is 11.8 Å². The van der Waals surface area contributed by atoms with Gasteiger partial charge in [0.1, 0.15) is 30.2 Å². The Bertz CT molecular complexity index is 1220. The highest BCUT2D eigenvalue weighted by molar-refractivity contribution is 7.99. The molecular weight excluding hydrogens is 528 g/mol. The van der Waals surface area contributed by atoms with Crippen molar-refractivity contribution in [2.24, 2.45) is 0 Å². The first-order valence-electron chi connectivity index (χ1n) is 12.4. The lowest BCUT2D eigenvalue weighted by Gasteiger charge is -2.41. The standard InChI is InChI=1S/C29H31ClO7S/c1-2-36-21-8-3-17(4-9-21)13-20-15-19(7-12-23(20)30)29-28(35)27(34)26(33)24(37-29)16-38-22-10-5-18(6-11-22)14-25(31)32/h3-12,15,24,26-29,33-35H,2,13-14,16H2,1H3,(H,31,32)/t24-,26+,27-,28-,29+/m1/s1. The van der Waals surface area contributed by atoms with E-state index >= 15 is 0 Å². The minimum absolute atomic E-state index is 0.0528. The number of rotatable bonds is 10. The molecule has 1 heterocycles. The second-order valence-corrected chi connectivity index (χ2v) is 10.7. The largest absolute Gasteiger partial charge is 0.494 e. The van der Waals surface area contributed by atoms with Crippen LogP contribution in [-0.2, 0) is 22.4 Å². The maximum atomic E-state index is 10.9. The SMILES string of the molecule is CCOc1ccc(Cc2cc([C@@H]3O[C@H](CSc4ccc(CC(=O)O)cc4)[C@H](O)[C@@H](O)[C@H]3O)ccc2Cl)cc1. The number of hydrogen-bond acceptors (Lipinski definition) is 7. The second kappa shape index (κ2) is 13.0. The minimum atomic E-state index is -1.39. The Kier molecular flexibility index (Phi) is 9.70. The van der Waals surface area contributed by atoms with Crippen LogP contribution in [0.5, 0.6) is 5.75 Å². The van der Waals surface area contributed by atoms with Gasteiger partial charge in [-0.25, -0.2) is 0 Å². The van der Waals surface area contributed by atoms with E-state index in [4.69, 9.17) is 26.2 Å². The van der Waals surface area contributed by atoms with Crippen molar-refractivity contribution in [1.29, 1.82) is 0 Å². The minimum Gasteiger partial charge on any atom is -0.494 e. The lowest BCUT2D eigenvalue weighted by atomic mass is 9.90. The summed E-state index contributed by atoms with van der Waals surface area (Å²) >= 11 is 7.90. The summed E-state index contributed by atoms with van der Waals surface area (Å²) < 4.78 is 11.6. The predicted molar refractivity (Wildman–Crippen MR) is 146 cm³/mol. The molecule has 9 heteroatoms. The van der Waals surface area contributed by atoms with Crippen LogP contribution in [0.15, 0.2) is 71.6 Å². The first-order chi connectivity index (χ1) is 18.2. The number of halogens is 1. The molecule has 4 N–H and O–H groups in total. The van der Waals surface area contributed by atoms with E-state index in [0.717, 1.165) is 21.8 Å². The summed E-state index contributed by atoms with van der Waals surface area (Å²) in [5.41, 5.74) is 3.23. The van der Waals surface area contributed by atoms with E-state index in [0.29, 0.717) is 34.9 Å². The van der Waals surface area contributed by atoms with Crippen molar-refractivity contribution >= 4 is 29.3 Å². The highest BCUT2D eigenvalue weighted by Gasteiger charge is 2.44. The third kappa shape index (κ3) is 7.08. The molecule has 4 rings (SSSR count). The van der Waals surface area contributed by atoms with Gasteiger partial charge in [-0.1, -0.05) is 48.0 Å². The highest BCUT2D eigenvalue weighted by Crippen LogP contribution is 2.36. The van der Waals surface area contributed by atoms with E-state index in [1.54, 1.807) is 24.3 Å². The number of thioether (sulfide) groups is 1. The average Bonchev–Trinajstić information content (AvgIpc) is 2.90. The number of ether oxygens (including phenoxy) is 2. The van der Waals surface area contributed by atoms with Crippen LogP contribution >= 0.6 is 23.4 Å². The van der Waals surface area contributed by atoms with Crippen molar-refractivity contribution in [2.45, 2.75) is 55.2 Å². The van der Waals surface area contributed by atoms with Crippen LogP contribution in [0.1, 0.15) is 35.3 Å². The van der Waals surface area contributed by atoms with Gasteiger partial charge in [-0.3, -0.25) is 4.79 Å². The van der Waals surface area contributed by atoms with Gasteiger partial charge in [0, 0.05) is 15.7 Å². The number of aliphatic hydroxyl groups excluding tert-OH is 3. The van der Waals surface area contributed by atoms with Crippen LogP contribution < -0.4 is 4.74 Å². The van der Waals surface area contributed by atoms with E-state index in [1.807, 2.05) is 49.4 Å². The smallest absolute Gasteiger partial charge is 0.307 e. The molecule has 0 unspecified atom stereocenters. The molecule has 38 heavy (non-hydrogen) atoms. The van der Waals surface area contributed by atoms with E-state index < -0.39 is 36.5 Å². The Hall–Kier alpha value is -2.59. The highest BCUT2D eigenvalue weighted by atomic mass is 35.5. The van der Waals surface area contributed by atoms with E-state index in [2.05, 4.69) is 0 Å². The molecule has 202 valence electrons. The molecule has 0 aliphatic carbocycles. The lowest BCUT2D eigenvalue weighted by molar-refractivity contribution is -0.218. The average molecular weight is 559 g/mol. The zero-order valence-corrected chi connectivity index (χ0v) is 22.4. The summed E-state index contributed by atoms with van der Waals surface area (Å²) in [6, 6.07) is 20.2. The Balaban J connectivity index is 1.46. The number of aliphatic hydroxyl groups is 3. The van der Waals surface area contributed by atoms with Crippen LogP contribution in [0.2, 0.25) is 5.02 Å². The van der Waals surface area contributed by atoms with Gasteiger partial charge in [0.15, 0.2) is 0 Å². The maximum Gasteiger partial charge on any atom is 0.307 e. The quantitative estimate of drug-likeness (QED) is 0.273. The van der Waals surface area contributed by atoms with Crippen molar-refractivity contribution in [3.8, 4) is 5.75 Å². The van der Waals surface area contributed by atoms with Crippen molar-refractivity contribution in [3.05, 3.63) is 94.0 Å². The number of carbonyl (C=O) groups is 1. The number of carboxylic acids is 1. The fraction of sp³-hybridized carbons (Fsp3) is 0.345. The van der Waals surface area contributed by atoms with Crippen LogP contribution in [0.3, 0.4) is 0 Å².